The van der Waals surface area contributed by atoms with Crippen molar-refractivity contribution >= 4 is 0 Å². The van der Waals surface area contributed by atoms with Crippen LogP contribution in [0.3, 0.4) is 0 Å². The van der Waals surface area contributed by atoms with E-state index in [-0.39, 0.29) is 17.9 Å². The zero-order valence-corrected chi connectivity index (χ0v) is 13.7. The molecule has 6 unspecified atom stereocenters. The molecule has 6 N–H and O–H groups in total. The van der Waals surface area contributed by atoms with Crippen LogP contribution in [0.1, 0.15) is 5.56 Å². The van der Waals surface area contributed by atoms with Crippen LogP contribution in [0, 0.1) is 0 Å². The van der Waals surface area contributed by atoms with E-state index >= 15 is 0 Å². The molecule has 1 aromatic rings. The normalized spacial score (nSPS) is 30.9. The zero-order chi connectivity index (χ0) is 18.6. The second-order valence-electron chi connectivity index (χ2n) is 5.85. The third kappa shape index (κ3) is 4.59. The summed E-state index contributed by atoms with van der Waals surface area (Å²) in [5.74, 6) is 0.240. The quantitative estimate of drug-likeness (QED) is 0.328. The molecule has 0 bridgehead atoms. The fraction of sp³-hybridized carbons (Fsp3) is 0.625. The fourth-order valence-electron chi connectivity index (χ4n) is 2.64. The molecule has 0 radical (unpaired) electrons. The molecule has 0 saturated carbocycles. The predicted octanol–water partition coefficient (Wildman–Crippen LogP) is -1.88. The maximum Gasteiger partial charge on any atom is 0.187 e. The molecule has 1 aromatic carbocycles. The average molecular weight is 360 g/mol. The van der Waals surface area contributed by atoms with Crippen LogP contribution in [-0.4, -0.2) is 87.8 Å². The Kier molecular flexibility index (Phi) is 6.96. The van der Waals surface area contributed by atoms with Crippen LogP contribution in [0.15, 0.2) is 18.2 Å². The molecule has 2 rings (SSSR count). The smallest absolute Gasteiger partial charge is 0.187 e. The summed E-state index contributed by atoms with van der Waals surface area (Å²) in [5.41, 5.74) is 0.693. The van der Waals surface area contributed by atoms with Gasteiger partial charge in [-0.25, -0.2) is 0 Å². The molecule has 1 fully saturated rings. The minimum absolute atomic E-state index is 0.0262. The summed E-state index contributed by atoms with van der Waals surface area (Å²) in [6.07, 6.45) is -7.57. The predicted molar refractivity (Wildman–Crippen MR) is 84.1 cm³/mol. The molecule has 0 spiro atoms. The molecule has 25 heavy (non-hydrogen) atoms. The molecular weight excluding hydrogens is 336 g/mol. The van der Waals surface area contributed by atoms with Gasteiger partial charge < -0.3 is 44.8 Å². The Morgan fingerprint density at radius 1 is 1.12 bits per heavy atom. The highest BCUT2D eigenvalue weighted by Crippen LogP contribution is 2.28. The van der Waals surface area contributed by atoms with Crippen molar-refractivity contribution in [3.63, 3.8) is 0 Å². The molecule has 142 valence electrons. The van der Waals surface area contributed by atoms with Crippen LogP contribution in [0.2, 0.25) is 0 Å². The van der Waals surface area contributed by atoms with Crippen molar-refractivity contribution in [2.75, 3.05) is 20.3 Å². The number of phenols is 1. The number of hydrogen-bond acceptors (Lipinski definition) is 9. The second kappa shape index (κ2) is 8.77. The lowest BCUT2D eigenvalue weighted by atomic mass is 9.99. The van der Waals surface area contributed by atoms with E-state index in [9.17, 15) is 30.6 Å². The maximum absolute atomic E-state index is 9.97. The number of hydrogen-bond donors (Lipinski definition) is 6. The van der Waals surface area contributed by atoms with Gasteiger partial charge in [-0.15, -0.1) is 0 Å². The summed E-state index contributed by atoms with van der Waals surface area (Å²) in [6, 6.07) is 4.64. The number of methoxy groups -OCH3 is 1. The van der Waals surface area contributed by atoms with E-state index in [0.29, 0.717) is 5.56 Å². The van der Waals surface area contributed by atoms with Crippen molar-refractivity contribution in [2.24, 2.45) is 0 Å². The summed E-state index contributed by atoms with van der Waals surface area (Å²) in [6.45, 7) is -0.970. The Bertz CT molecular complexity index is 550. The van der Waals surface area contributed by atoms with Gasteiger partial charge in [0, 0.05) is 6.42 Å². The van der Waals surface area contributed by atoms with Gasteiger partial charge >= 0.3 is 0 Å². The lowest BCUT2D eigenvalue weighted by Crippen LogP contribution is -2.59. The van der Waals surface area contributed by atoms with Gasteiger partial charge in [-0.05, 0) is 17.7 Å². The van der Waals surface area contributed by atoms with Gasteiger partial charge in [-0.3, -0.25) is 0 Å². The topological polar surface area (TPSA) is 149 Å². The molecule has 0 aromatic heterocycles. The molecule has 1 aliphatic heterocycles. The van der Waals surface area contributed by atoms with Crippen molar-refractivity contribution in [2.45, 2.75) is 43.2 Å². The van der Waals surface area contributed by atoms with Gasteiger partial charge in [0.1, 0.15) is 24.4 Å². The van der Waals surface area contributed by atoms with Gasteiger partial charge in [0.25, 0.3) is 0 Å². The molecule has 9 heteroatoms. The summed E-state index contributed by atoms with van der Waals surface area (Å²) in [7, 11) is 1.41. The van der Waals surface area contributed by atoms with Crippen molar-refractivity contribution < 1.29 is 44.8 Å². The Labute approximate surface area is 144 Å². The molecule has 6 atom stereocenters. The molecule has 1 heterocycles. The Morgan fingerprint density at radius 2 is 1.84 bits per heavy atom. The van der Waals surface area contributed by atoms with Crippen molar-refractivity contribution in [1.82, 2.24) is 0 Å². The molecule has 1 saturated heterocycles. The SMILES string of the molecule is COc1cc(CC(CO)OC2OC(CO)C(O)C(O)C2O)ccc1O. The molecule has 9 nitrogen and oxygen atoms in total. The summed E-state index contributed by atoms with van der Waals surface area (Å²) < 4.78 is 15.8. The first-order valence-electron chi connectivity index (χ1n) is 7.84. The number of phenolic OH excluding ortho intramolecular Hbond substituents is 1. The van der Waals surface area contributed by atoms with Crippen LogP contribution in [0.4, 0.5) is 0 Å². The summed E-state index contributed by atoms with van der Waals surface area (Å²) in [5, 5.41) is 57.8. The largest absolute Gasteiger partial charge is 0.504 e. The standard InChI is InChI=1S/C16H24O9/c1-23-11-5-8(2-3-10(11)19)4-9(6-17)24-16-15(22)14(21)13(20)12(7-18)25-16/h2-3,5,9,12-22H,4,6-7H2,1H3. The monoisotopic (exact) mass is 360 g/mol. The number of ether oxygens (including phenoxy) is 3. The van der Waals surface area contributed by atoms with Gasteiger partial charge in [-0.2, -0.15) is 0 Å². The minimum Gasteiger partial charge on any atom is -0.504 e. The summed E-state index contributed by atoms with van der Waals surface area (Å²) in [4.78, 5) is 0. The van der Waals surface area contributed by atoms with Gasteiger partial charge in [0.2, 0.25) is 0 Å². The van der Waals surface area contributed by atoms with Crippen molar-refractivity contribution in [3.8, 4) is 11.5 Å². The number of aromatic hydroxyl groups is 1. The fourth-order valence-corrected chi connectivity index (χ4v) is 2.64. The molecular formula is C16H24O9. The van der Waals surface area contributed by atoms with Crippen LogP contribution in [-0.2, 0) is 15.9 Å². The second-order valence-corrected chi connectivity index (χ2v) is 5.85. The lowest BCUT2D eigenvalue weighted by molar-refractivity contribution is -0.313. The van der Waals surface area contributed by atoms with Crippen LogP contribution in [0.25, 0.3) is 0 Å². The molecule has 0 amide bonds. The van der Waals surface area contributed by atoms with Crippen LogP contribution >= 0.6 is 0 Å². The highest BCUT2D eigenvalue weighted by molar-refractivity contribution is 5.41. The van der Waals surface area contributed by atoms with E-state index in [2.05, 4.69) is 0 Å². The van der Waals surface area contributed by atoms with Crippen LogP contribution < -0.4 is 4.74 Å². The zero-order valence-electron chi connectivity index (χ0n) is 13.7. The third-order valence-corrected chi connectivity index (χ3v) is 4.09. The van der Waals surface area contributed by atoms with Crippen molar-refractivity contribution in [3.05, 3.63) is 23.8 Å². The highest BCUT2D eigenvalue weighted by Gasteiger charge is 2.44. The van der Waals surface area contributed by atoms with E-state index in [1.54, 1.807) is 12.1 Å². The minimum atomic E-state index is -1.55. The van der Waals surface area contributed by atoms with E-state index in [4.69, 9.17) is 14.2 Å². The Morgan fingerprint density at radius 3 is 2.44 bits per heavy atom. The number of aliphatic hydroxyl groups is 5. The van der Waals surface area contributed by atoms with Gasteiger partial charge in [0.05, 0.1) is 26.4 Å². The van der Waals surface area contributed by atoms with Crippen molar-refractivity contribution in [1.29, 1.82) is 0 Å². The van der Waals surface area contributed by atoms with E-state index in [1.807, 2.05) is 0 Å². The first kappa shape index (κ1) is 19.9. The number of aliphatic hydroxyl groups excluding tert-OH is 5. The van der Waals surface area contributed by atoms with Gasteiger partial charge in [0.15, 0.2) is 17.8 Å². The first-order valence-corrected chi connectivity index (χ1v) is 7.84. The average Bonchev–Trinajstić information content (AvgIpc) is 2.62. The van der Waals surface area contributed by atoms with E-state index < -0.39 is 50.0 Å². The third-order valence-electron chi connectivity index (χ3n) is 4.09. The first-order chi connectivity index (χ1) is 11.9. The van der Waals surface area contributed by atoms with E-state index in [0.717, 1.165) is 0 Å². The molecule has 0 aliphatic carbocycles. The number of rotatable bonds is 7. The Balaban J connectivity index is 2.05. The maximum atomic E-state index is 9.97. The van der Waals surface area contributed by atoms with Gasteiger partial charge in [-0.1, -0.05) is 6.07 Å². The van der Waals surface area contributed by atoms with Crippen LogP contribution in [0.5, 0.6) is 11.5 Å². The lowest BCUT2D eigenvalue weighted by Gasteiger charge is -2.40. The number of benzene rings is 1. The summed E-state index contributed by atoms with van der Waals surface area (Å²) >= 11 is 0. The Hall–Kier alpha value is -1.46. The highest BCUT2D eigenvalue weighted by atomic mass is 16.7. The molecule has 1 aliphatic rings. The van der Waals surface area contributed by atoms with E-state index in [1.165, 1.54) is 13.2 Å².